The lowest BCUT2D eigenvalue weighted by molar-refractivity contribution is -0.145. The molecule has 2 aromatic carbocycles. The van der Waals surface area contributed by atoms with Crippen LogP contribution in [-0.4, -0.2) is 14.8 Å². The van der Waals surface area contributed by atoms with Gasteiger partial charge in [0.1, 0.15) is 6.04 Å². The van der Waals surface area contributed by atoms with Crippen LogP contribution in [0.15, 0.2) is 65.9 Å². The molecule has 1 N–H and O–H groups in total. The third-order valence-electron chi connectivity index (χ3n) is 4.66. The summed E-state index contributed by atoms with van der Waals surface area (Å²) in [6.45, 7) is 1.84. The molecule has 1 aliphatic heterocycles. The van der Waals surface area contributed by atoms with Gasteiger partial charge >= 0.3 is 6.18 Å². The molecular formula is C20H16ClF3N4. The topological polar surface area (TPSA) is 42.7 Å². The first kappa shape index (κ1) is 18.6. The lowest BCUT2D eigenvalue weighted by atomic mass is 9.91. The van der Waals surface area contributed by atoms with Crippen molar-refractivity contribution in [1.82, 2.24) is 14.8 Å². The average Bonchev–Trinajstić information content (AvgIpc) is 3.08. The third-order valence-corrected chi connectivity index (χ3v) is 4.92. The molecule has 0 amide bonds. The van der Waals surface area contributed by atoms with E-state index in [1.165, 1.54) is 4.68 Å². The number of hydrogen-bond acceptors (Lipinski definition) is 3. The number of fused-ring (bicyclic) bond motifs is 1. The van der Waals surface area contributed by atoms with Gasteiger partial charge in [-0.2, -0.15) is 18.2 Å². The number of benzene rings is 2. The summed E-state index contributed by atoms with van der Waals surface area (Å²) in [5.74, 6) is -1.09. The Morgan fingerprint density at radius 2 is 1.75 bits per heavy atom. The number of hydrogen-bond donors (Lipinski definition) is 1. The van der Waals surface area contributed by atoms with Gasteiger partial charge in [0.15, 0.2) is 0 Å². The normalized spacial score (nSPS) is 16.7. The smallest absolute Gasteiger partial charge is 0.328 e. The molecule has 4 rings (SSSR count). The van der Waals surface area contributed by atoms with Crippen LogP contribution in [0.4, 0.5) is 19.1 Å². The fourth-order valence-corrected chi connectivity index (χ4v) is 3.47. The fraction of sp³-hybridized carbons (Fsp3) is 0.200. The van der Waals surface area contributed by atoms with Crippen molar-refractivity contribution in [1.29, 1.82) is 0 Å². The monoisotopic (exact) mass is 404 g/mol. The molecule has 4 nitrogen and oxygen atoms in total. The Labute approximate surface area is 164 Å². The van der Waals surface area contributed by atoms with E-state index in [4.69, 9.17) is 11.6 Å². The SMILES string of the molecule is CC1=C(Cc2ccccc2)[C@H](c2ccc(Cl)cc2)n2nc(C(F)(F)F)nc2N1. The van der Waals surface area contributed by atoms with Crippen LogP contribution < -0.4 is 5.32 Å². The predicted octanol–water partition coefficient (Wildman–Crippen LogP) is 5.48. The highest BCUT2D eigenvalue weighted by Crippen LogP contribution is 2.38. The fourth-order valence-electron chi connectivity index (χ4n) is 3.34. The first-order valence-electron chi connectivity index (χ1n) is 8.63. The number of nitrogens with one attached hydrogen (secondary N) is 1. The highest BCUT2D eigenvalue weighted by molar-refractivity contribution is 6.30. The summed E-state index contributed by atoms with van der Waals surface area (Å²) < 4.78 is 40.9. The van der Waals surface area contributed by atoms with Gasteiger partial charge in [0.25, 0.3) is 5.82 Å². The Kier molecular flexibility index (Phi) is 4.63. The van der Waals surface area contributed by atoms with Crippen molar-refractivity contribution in [2.24, 2.45) is 0 Å². The number of alkyl halides is 3. The maximum absolute atomic E-state index is 13.2. The van der Waals surface area contributed by atoms with Crippen LogP contribution in [0, 0.1) is 0 Å². The molecule has 0 bridgehead atoms. The highest BCUT2D eigenvalue weighted by atomic mass is 35.5. The van der Waals surface area contributed by atoms with Crippen molar-refractivity contribution >= 4 is 17.5 Å². The first-order valence-corrected chi connectivity index (χ1v) is 9.00. The highest BCUT2D eigenvalue weighted by Gasteiger charge is 2.40. The van der Waals surface area contributed by atoms with Gasteiger partial charge in [-0.15, -0.1) is 5.10 Å². The van der Waals surface area contributed by atoms with Crippen molar-refractivity contribution in [2.45, 2.75) is 25.6 Å². The van der Waals surface area contributed by atoms with E-state index in [1.54, 1.807) is 24.3 Å². The van der Waals surface area contributed by atoms with Gasteiger partial charge < -0.3 is 5.32 Å². The maximum Gasteiger partial charge on any atom is 0.453 e. The van der Waals surface area contributed by atoms with Crippen LogP contribution in [0.25, 0.3) is 0 Å². The summed E-state index contributed by atoms with van der Waals surface area (Å²) in [7, 11) is 0. The van der Waals surface area contributed by atoms with Gasteiger partial charge in [-0.25, -0.2) is 4.68 Å². The van der Waals surface area contributed by atoms with Crippen LogP contribution in [0.5, 0.6) is 0 Å². The lowest BCUT2D eigenvalue weighted by Gasteiger charge is -2.29. The molecular weight excluding hydrogens is 389 g/mol. The Bertz CT molecular complexity index is 1020. The van der Waals surface area contributed by atoms with Crippen molar-refractivity contribution in [3.05, 3.63) is 87.8 Å². The molecule has 1 aromatic heterocycles. The zero-order valence-electron chi connectivity index (χ0n) is 14.8. The number of halogens is 4. The van der Waals surface area contributed by atoms with E-state index < -0.39 is 18.0 Å². The van der Waals surface area contributed by atoms with E-state index >= 15 is 0 Å². The number of anilines is 1. The Balaban J connectivity index is 1.84. The number of nitrogens with zero attached hydrogens (tertiary/aromatic N) is 3. The molecule has 8 heteroatoms. The van der Waals surface area contributed by atoms with Gasteiger partial charge in [0, 0.05) is 10.7 Å². The predicted molar refractivity (Wildman–Crippen MR) is 101 cm³/mol. The van der Waals surface area contributed by atoms with Crippen molar-refractivity contribution in [2.75, 3.05) is 5.32 Å². The zero-order chi connectivity index (χ0) is 19.9. The van der Waals surface area contributed by atoms with Gasteiger partial charge in [0.2, 0.25) is 5.95 Å². The van der Waals surface area contributed by atoms with E-state index in [0.29, 0.717) is 11.4 Å². The molecule has 0 aliphatic carbocycles. The molecule has 0 unspecified atom stereocenters. The second-order valence-electron chi connectivity index (χ2n) is 6.59. The Hall–Kier alpha value is -2.80. The second-order valence-corrected chi connectivity index (χ2v) is 7.03. The van der Waals surface area contributed by atoms with E-state index in [2.05, 4.69) is 15.4 Å². The summed E-state index contributed by atoms with van der Waals surface area (Å²) in [5.41, 5.74) is 3.52. The lowest BCUT2D eigenvalue weighted by Crippen LogP contribution is -2.26. The molecule has 1 atom stereocenters. The minimum atomic E-state index is -4.62. The van der Waals surface area contributed by atoms with Crippen LogP contribution in [0.3, 0.4) is 0 Å². The maximum atomic E-state index is 13.2. The van der Waals surface area contributed by atoms with E-state index in [0.717, 1.165) is 22.4 Å². The third kappa shape index (κ3) is 3.49. The van der Waals surface area contributed by atoms with E-state index in [1.807, 2.05) is 37.3 Å². The summed E-state index contributed by atoms with van der Waals surface area (Å²) in [6.07, 6.45) is -4.06. The van der Waals surface area contributed by atoms with Gasteiger partial charge in [-0.05, 0) is 42.2 Å². The molecule has 0 spiro atoms. The van der Waals surface area contributed by atoms with Crippen molar-refractivity contribution in [3.8, 4) is 0 Å². The molecule has 144 valence electrons. The minimum Gasteiger partial charge on any atom is -0.328 e. The Morgan fingerprint density at radius 3 is 2.39 bits per heavy atom. The van der Waals surface area contributed by atoms with Crippen molar-refractivity contribution in [3.63, 3.8) is 0 Å². The van der Waals surface area contributed by atoms with Crippen LogP contribution in [-0.2, 0) is 12.6 Å². The number of aromatic nitrogens is 3. The molecule has 0 saturated heterocycles. The van der Waals surface area contributed by atoms with Crippen LogP contribution in [0.1, 0.15) is 29.9 Å². The minimum absolute atomic E-state index is 0.0709. The van der Waals surface area contributed by atoms with Gasteiger partial charge in [-0.1, -0.05) is 54.1 Å². The van der Waals surface area contributed by atoms with Gasteiger partial charge in [0.05, 0.1) is 0 Å². The van der Waals surface area contributed by atoms with Gasteiger partial charge in [-0.3, -0.25) is 0 Å². The molecule has 0 radical (unpaired) electrons. The molecule has 1 aliphatic rings. The molecule has 2 heterocycles. The van der Waals surface area contributed by atoms with Crippen molar-refractivity contribution < 1.29 is 13.2 Å². The zero-order valence-corrected chi connectivity index (χ0v) is 15.6. The molecule has 28 heavy (non-hydrogen) atoms. The summed E-state index contributed by atoms with van der Waals surface area (Å²) in [5, 5.41) is 7.31. The second kappa shape index (κ2) is 6.98. The number of allylic oxidation sites excluding steroid dienone is 2. The summed E-state index contributed by atoms with van der Waals surface area (Å²) in [4.78, 5) is 3.66. The standard InChI is InChI=1S/C20H16ClF3N4/c1-12-16(11-13-5-3-2-4-6-13)17(14-7-9-15(21)10-8-14)28-19(25-12)26-18(27-28)20(22,23)24/h2-10,17H,11H2,1H3,(H,25,26,27)/t17-/m0/s1. The number of rotatable bonds is 3. The van der Waals surface area contributed by atoms with Crippen LogP contribution in [0.2, 0.25) is 5.02 Å². The first-order chi connectivity index (χ1) is 13.3. The molecule has 3 aromatic rings. The quantitative estimate of drug-likeness (QED) is 0.628. The summed E-state index contributed by atoms with van der Waals surface area (Å²) >= 11 is 6.00. The largest absolute Gasteiger partial charge is 0.453 e. The average molecular weight is 405 g/mol. The molecule has 0 fully saturated rings. The summed E-state index contributed by atoms with van der Waals surface area (Å²) in [6, 6.07) is 16.3. The Morgan fingerprint density at radius 1 is 1.07 bits per heavy atom. The van der Waals surface area contributed by atoms with Crippen LogP contribution >= 0.6 is 11.6 Å². The van der Waals surface area contributed by atoms with E-state index in [9.17, 15) is 13.2 Å². The van der Waals surface area contributed by atoms with E-state index in [-0.39, 0.29) is 5.95 Å². The molecule has 0 saturated carbocycles.